The maximum absolute atomic E-state index is 12.7. The summed E-state index contributed by atoms with van der Waals surface area (Å²) in [7, 11) is -3.61. The van der Waals surface area contributed by atoms with Gasteiger partial charge in [-0.05, 0) is 36.2 Å². The lowest BCUT2D eigenvalue weighted by atomic mass is 10.2. The van der Waals surface area contributed by atoms with Gasteiger partial charge in [0, 0.05) is 5.25 Å². The Labute approximate surface area is 156 Å². The number of nitrogens with one attached hydrogen (secondary N) is 1. The average molecular weight is 393 g/mol. The third-order valence-corrected chi connectivity index (χ3v) is 7.20. The molecule has 0 amide bonds. The monoisotopic (exact) mass is 392 g/mol. The molecular weight excluding hydrogens is 372 g/mol. The molecular formula is C18H20N2O2S3. The van der Waals surface area contributed by atoms with Gasteiger partial charge in [0.2, 0.25) is 0 Å². The number of hydrogen-bond acceptors (Lipinski definition) is 5. The maximum Gasteiger partial charge on any atom is 0.262 e. The quantitative estimate of drug-likeness (QED) is 0.589. The smallest absolute Gasteiger partial charge is 0.262 e. The minimum absolute atomic E-state index is 0.331. The lowest BCUT2D eigenvalue weighted by Crippen LogP contribution is -2.14. The van der Waals surface area contributed by atoms with Crippen LogP contribution in [-0.4, -0.2) is 18.7 Å². The molecule has 25 heavy (non-hydrogen) atoms. The highest BCUT2D eigenvalue weighted by atomic mass is 32.2. The minimum Gasteiger partial charge on any atom is -0.280 e. The lowest BCUT2D eigenvalue weighted by molar-refractivity contribution is 0.600. The second-order valence-electron chi connectivity index (χ2n) is 5.90. The predicted molar refractivity (Wildman–Crippen MR) is 107 cm³/mol. The predicted octanol–water partition coefficient (Wildman–Crippen LogP) is 5.16. The van der Waals surface area contributed by atoms with Crippen LogP contribution < -0.4 is 4.72 Å². The van der Waals surface area contributed by atoms with Crippen molar-refractivity contribution in [3.8, 4) is 0 Å². The molecule has 0 bridgehead atoms. The fourth-order valence-electron chi connectivity index (χ4n) is 2.49. The van der Waals surface area contributed by atoms with Gasteiger partial charge in [-0.1, -0.05) is 50.7 Å². The van der Waals surface area contributed by atoms with E-state index in [1.807, 2.05) is 31.2 Å². The van der Waals surface area contributed by atoms with Crippen LogP contribution in [0, 0.1) is 0 Å². The number of benzene rings is 2. The second kappa shape index (κ2) is 7.35. The zero-order valence-corrected chi connectivity index (χ0v) is 16.8. The summed E-state index contributed by atoms with van der Waals surface area (Å²) in [5, 5.41) is 0.462. The van der Waals surface area contributed by atoms with Crippen molar-refractivity contribution in [1.29, 1.82) is 0 Å². The first-order chi connectivity index (χ1) is 11.9. The van der Waals surface area contributed by atoms with Gasteiger partial charge in [0.25, 0.3) is 10.0 Å². The van der Waals surface area contributed by atoms with E-state index < -0.39 is 10.0 Å². The van der Waals surface area contributed by atoms with Crippen LogP contribution >= 0.6 is 23.1 Å². The summed E-state index contributed by atoms with van der Waals surface area (Å²) >= 11 is 3.30. The molecule has 1 aromatic heterocycles. The van der Waals surface area contributed by atoms with Gasteiger partial charge in [0.1, 0.15) is 0 Å². The number of nitrogens with zero attached hydrogens (tertiary/aromatic N) is 1. The third-order valence-electron chi connectivity index (χ3n) is 3.60. The summed E-state index contributed by atoms with van der Waals surface area (Å²) < 4.78 is 30.2. The molecule has 0 aliphatic rings. The second-order valence-corrected chi connectivity index (χ2v) is 10.4. The van der Waals surface area contributed by atoms with Crippen molar-refractivity contribution >= 4 is 49.0 Å². The van der Waals surface area contributed by atoms with Gasteiger partial charge in [-0.2, -0.15) is 0 Å². The molecule has 0 aliphatic heterocycles. The van der Waals surface area contributed by atoms with Crippen molar-refractivity contribution in [2.45, 2.75) is 41.7 Å². The van der Waals surface area contributed by atoms with Gasteiger partial charge in [-0.15, -0.1) is 11.3 Å². The normalized spacial score (nSPS) is 12.0. The topological polar surface area (TPSA) is 59.1 Å². The van der Waals surface area contributed by atoms with E-state index in [0.29, 0.717) is 22.3 Å². The van der Waals surface area contributed by atoms with E-state index in [9.17, 15) is 8.42 Å². The molecule has 0 fully saturated rings. The number of anilines is 1. The van der Waals surface area contributed by atoms with Gasteiger partial charge in [-0.3, -0.25) is 4.72 Å². The van der Waals surface area contributed by atoms with Crippen LogP contribution in [0.5, 0.6) is 0 Å². The molecule has 2 aromatic carbocycles. The molecule has 0 unspecified atom stereocenters. The molecule has 0 atom stereocenters. The van der Waals surface area contributed by atoms with Crippen LogP contribution in [0.15, 0.2) is 51.7 Å². The Morgan fingerprint density at radius 3 is 2.68 bits per heavy atom. The first-order valence-electron chi connectivity index (χ1n) is 8.07. The number of aryl methyl sites for hydroxylation is 1. The molecule has 7 heteroatoms. The van der Waals surface area contributed by atoms with Crippen molar-refractivity contribution in [3.05, 3.63) is 48.0 Å². The summed E-state index contributed by atoms with van der Waals surface area (Å²) in [6.45, 7) is 6.20. The highest BCUT2D eigenvalue weighted by Crippen LogP contribution is 2.33. The number of sulfonamides is 1. The Kier molecular flexibility index (Phi) is 5.36. The number of fused-ring (bicyclic) bond motifs is 1. The zero-order valence-electron chi connectivity index (χ0n) is 14.3. The van der Waals surface area contributed by atoms with E-state index in [1.54, 1.807) is 41.3 Å². The van der Waals surface area contributed by atoms with Crippen LogP contribution in [-0.2, 0) is 16.4 Å². The number of hydrogen-bond donors (Lipinski definition) is 1. The van der Waals surface area contributed by atoms with Crippen LogP contribution in [0.3, 0.4) is 0 Å². The molecule has 0 aliphatic carbocycles. The minimum atomic E-state index is -3.61. The fourth-order valence-corrected chi connectivity index (χ4v) is 6.18. The van der Waals surface area contributed by atoms with Gasteiger partial charge >= 0.3 is 0 Å². The van der Waals surface area contributed by atoms with Crippen LogP contribution in [0.4, 0.5) is 5.69 Å². The lowest BCUT2D eigenvalue weighted by Gasteiger charge is -2.11. The fraction of sp³-hybridized carbons (Fsp3) is 0.278. The Bertz CT molecular complexity index is 994. The Morgan fingerprint density at radius 1 is 1.20 bits per heavy atom. The highest BCUT2D eigenvalue weighted by Gasteiger charge is 2.18. The highest BCUT2D eigenvalue weighted by molar-refractivity contribution is 8.01. The van der Waals surface area contributed by atoms with E-state index in [-0.39, 0.29) is 0 Å². The Balaban J connectivity index is 1.91. The summed E-state index contributed by atoms with van der Waals surface area (Å²) in [5.41, 5.74) is 2.26. The number of aromatic nitrogens is 1. The van der Waals surface area contributed by atoms with E-state index in [0.717, 1.165) is 20.1 Å². The van der Waals surface area contributed by atoms with Crippen molar-refractivity contribution < 1.29 is 8.42 Å². The maximum atomic E-state index is 12.7. The molecule has 0 spiro atoms. The molecule has 3 rings (SSSR count). The van der Waals surface area contributed by atoms with Crippen molar-refractivity contribution in [3.63, 3.8) is 0 Å². The molecule has 1 heterocycles. The van der Waals surface area contributed by atoms with E-state index in [2.05, 4.69) is 23.6 Å². The zero-order chi connectivity index (χ0) is 18.0. The van der Waals surface area contributed by atoms with E-state index in [4.69, 9.17) is 0 Å². The molecule has 0 saturated heterocycles. The van der Waals surface area contributed by atoms with Crippen LogP contribution in [0.25, 0.3) is 10.2 Å². The number of rotatable bonds is 6. The van der Waals surface area contributed by atoms with Gasteiger partial charge < -0.3 is 0 Å². The Hall–Kier alpha value is -1.57. The molecule has 3 aromatic rings. The van der Waals surface area contributed by atoms with Gasteiger partial charge in [0.15, 0.2) is 4.34 Å². The van der Waals surface area contributed by atoms with E-state index in [1.165, 1.54) is 0 Å². The number of thioether (sulfide) groups is 1. The largest absolute Gasteiger partial charge is 0.280 e. The van der Waals surface area contributed by atoms with E-state index >= 15 is 0 Å². The first-order valence-corrected chi connectivity index (χ1v) is 11.2. The van der Waals surface area contributed by atoms with Crippen LogP contribution in [0.1, 0.15) is 26.3 Å². The summed E-state index contributed by atoms with van der Waals surface area (Å²) in [5.74, 6) is 0. The molecule has 0 radical (unpaired) electrons. The number of thiazole rings is 1. The summed E-state index contributed by atoms with van der Waals surface area (Å²) in [4.78, 5) is 4.91. The molecule has 1 N–H and O–H groups in total. The molecule has 4 nitrogen and oxygen atoms in total. The average Bonchev–Trinajstić information content (AvgIpc) is 2.95. The summed E-state index contributed by atoms with van der Waals surface area (Å²) in [6.07, 6.45) is 0.667. The van der Waals surface area contributed by atoms with Crippen molar-refractivity contribution in [2.75, 3.05) is 4.72 Å². The SMILES string of the molecule is CCc1ccccc1S(=O)(=O)Nc1ccc2nc(SC(C)C)sc2c1. The van der Waals surface area contributed by atoms with Gasteiger partial charge in [-0.25, -0.2) is 13.4 Å². The van der Waals surface area contributed by atoms with Crippen molar-refractivity contribution in [1.82, 2.24) is 4.98 Å². The molecule has 132 valence electrons. The Morgan fingerprint density at radius 2 is 1.96 bits per heavy atom. The standard InChI is InChI=1S/C18H20N2O2S3/c1-4-13-7-5-6-8-17(13)25(21,22)20-14-9-10-15-16(11-14)24-18(19-15)23-12(2)3/h5-12,20H,4H2,1-3H3. The van der Waals surface area contributed by atoms with Crippen molar-refractivity contribution in [2.24, 2.45) is 0 Å². The summed E-state index contributed by atoms with van der Waals surface area (Å²) in [6, 6.07) is 12.6. The van der Waals surface area contributed by atoms with Gasteiger partial charge in [0.05, 0.1) is 20.8 Å². The third kappa shape index (κ3) is 4.16. The first kappa shape index (κ1) is 18.2. The van der Waals surface area contributed by atoms with Crippen LogP contribution in [0.2, 0.25) is 0 Å². The molecule has 0 saturated carbocycles.